The molecule has 32 heavy (non-hydrogen) atoms. The van der Waals surface area contributed by atoms with Crippen LogP contribution < -0.4 is 5.32 Å². The van der Waals surface area contributed by atoms with Gasteiger partial charge in [-0.3, -0.25) is 9.59 Å². The number of ether oxygens (including phenoxy) is 2. The monoisotopic (exact) mass is 459 g/mol. The highest BCUT2D eigenvalue weighted by Gasteiger charge is 2.55. The lowest BCUT2D eigenvalue weighted by molar-refractivity contribution is -0.152. The fourth-order valence-corrected chi connectivity index (χ4v) is 6.05. The maximum Gasteiger partial charge on any atom is 0.407 e. The van der Waals surface area contributed by atoms with E-state index in [2.05, 4.69) is 25.0 Å². The molecule has 4 atom stereocenters. The number of ketones is 1. The Balaban J connectivity index is 1.59. The largest absolute Gasteiger partial charge is 0.508 e. The van der Waals surface area contributed by atoms with Crippen LogP contribution in [-0.2, 0) is 19.1 Å². The fraction of sp³-hybridized carbons (Fsp3) is 0.625. The molecule has 0 heterocycles. The normalized spacial score (nSPS) is 27.2. The number of carbonyl (C=O) groups excluding carboxylic acids is 3. The van der Waals surface area contributed by atoms with Crippen molar-refractivity contribution in [3.63, 3.8) is 0 Å². The van der Waals surface area contributed by atoms with Crippen molar-refractivity contribution in [3.8, 4) is 5.75 Å². The number of benzene rings is 1. The lowest BCUT2D eigenvalue weighted by Gasteiger charge is -2.47. The molecular weight excluding hydrogens is 426 g/mol. The molecule has 1 aromatic rings. The van der Waals surface area contributed by atoms with E-state index >= 15 is 0 Å². The molecule has 0 saturated heterocycles. The second-order valence-electron chi connectivity index (χ2n) is 10.6. The number of amides is 1. The van der Waals surface area contributed by atoms with Crippen molar-refractivity contribution < 1.29 is 29.0 Å². The molecule has 1 amide bonds. The summed E-state index contributed by atoms with van der Waals surface area (Å²) >= 11 is 0. The number of aromatic hydroxyl groups is 1. The molecule has 1 unspecified atom stereocenters. The summed E-state index contributed by atoms with van der Waals surface area (Å²) in [4.78, 5) is 38.9. The minimum Gasteiger partial charge on any atom is -0.508 e. The van der Waals surface area contributed by atoms with Crippen LogP contribution in [0, 0.1) is 5.92 Å². The predicted molar refractivity (Wildman–Crippen MR) is 121 cm³/mol. The smallest absolute Gasteiger partial charge is 0.407 e. The van der Waals surface area contributed by atoms with Crippen molar-refractivity contribution in [1.29, 1.82) is 0 Å². The predicted octanol–water partition coefficient (Wildman–Crippen LogP) is 4.08. The first-order valence-electron chi connectivity index (χ1n) is 11.6. The van der Waals surface area contributed by atoms with E-state index in [1.165, 1.54) is 0 Å². The summed E-state index contributed by atoms with van der Waals surface area (Å²) in [6, 6.07) is 5.04. The van der Waals surface area contributed by atoms with E-state index in [1.54, 1.807) is 18.2 Å². The van der Waals surface area contributed by atoms with E-state index in [0.29, 0.717) is 12.2 Å². The molecule has 2 N–H and O–H groups in total. The molecule has 7 nitrogen and oxygen atoms in total. The van der Waals surface area contributed by atoms with Crippen LogP contribution >= 0.6 is 0 Å². The summed E-state index contributed by atoms with van der Waals surface area (Å²) < 4.78 is 11.2. The third-order valence-electron chi connectivity index (χ3n) is 6.98. The van der Waals surface area contributed by atoms with Crippen LogP contribution in [0.25, 0.3) is 0 Å². The van der Waals surface area contributed by atoms with Gasteiger partial charge >= 0.3 is 12.1 Å². The Bertz CT molecular complexity index is 904. The van der Waals surface area contributed by atoms with Gasteiger partial charge in [-0.15, -0.1) is 0 Å². The van der Waals surface area contributed by atoms with Gasteiger partial charge in [0.1, 0.15) is 17.6 Å². The fourth-order valence-electron chi connectivity index (χ4n) is 5.33. The van der Waals surface area contributed by atoms with Gasteiger partial charge in [-0.1, -0.05) is 25.7 Å². The first-order chi connectivity index (χ1) is 15.1. The molecule has 4 aliphatic rings. The molecule has 5 rings (SSSR count). The Morgan fingerprint density at radius 2 is 1.88 bits per heavy atom. The molecule has 0 radical (unpaired) electrons. The zero-order valence-electron chi connectivity index (χ0n) is 19.1. The number of alkyl carbamates (subject to hydrolysis) is 1. The van der Waals surface area contributed by atoms with Crippen molar-refractivity contribution in [1.82, 2.24) is 5.32 Å². The third-order valence-corrected chi connectivity index (χ3v) is 8.69. The van der Waals surface area contributed by atoms with E-state index in [0.717, 1.165) is 37.3 Å². The summed E-state index contributed by atoms with van der Waals surface area (Å²) in [7, 11) is -1.38. The van der Waals surface area contributed by atoms with Crippen molar-refractivity contribution in [2.75, 3.05) is 6.61 Å². The second kappa shape index (κ2) is 8.88. The van der Waals surface area contributed by atoms with Crippen LogP contribution in [0.4, 0.5) is 4.79 Å². The highest BCUT2D eigenvalue weighted by molar-refractivity contribution is 6.76. The average Bonchev–Trinajstić information content (AvgIpc) is 3.19. The van der Waals surface area contributed by atoms with Crippen molar-refractivity contribution in [2.45, 2.75) is 81.8 Å². The Hall–Kier alpha value is -2.35. The van der Waals surface area contributed by atoms with Crippen LogP contribution in [0.15, 0.2) is 18.2 Å². The maximum atomic E-state index is 13.2. The first-order valence-corrected chi connectivity index (χ1v) is 15.3. The number of phenols is 1. The minimum absolute atomic E-state index is 0.0367. The number of Topliss-reactive ketones (excluding diaryl/α,β-unsaturated/α-hetero) is 1. The lowest BCUT2D eigenvalue weighted by atomic mass is 9.58. The number of nitrogens with one attached hydrogen (secondary N) is 1. The second-order valence-corrected chi connectivity index (χ2v) is 16.2. The van der Waals surface area contributed by atoms with Crippen molar-refractivity contribution >= 4 is 25.9 Å². The molecule has 0 aliphatic heterocycles. The Labute approximate surface area is 189 Å². The van der Waals surface area contributed by atoms with Crippen molar-refractivity contribution in [2.24, 2.45) is 5.92 Å². The minimum atomic E-state index is -1.38. The van der Waals surface area contributed by atoms with E-state index in [1.807, 2.05) is 0 Å². The Kier molecular flexibility index (Phi) is 6.34. The zero-order valence-corrected chi connectivity index (χ0v) is 20.1. The maximum absolute atomic E-state index is 13.2. The highest BCUT2D eigenvalue weighted by atomic mass is 28.3. The third kappa shape index (κ3) is 4.70. The van der Waals surface area contributed by atoms with Crippen LogP contribution in [-0.4, -0.2) is 49.8 Å². The molecule has 8 heteroatoms. The van der Waals surface area contributed by atoms with Crippen LogP contribution in [0.2, 0.25) is 25.7 Å². The van der Waals surface area contributed by atoms with E-state index < -0.39 is 32.0 Å². The molecule has 2 fully saturated rings. The number of carbonyl (C=O) groups is 3. The standard InChI is InChI=1S/C24H33NO6Si/c1-32(2,3)11-10-30-23(28)21-18-13-19(27)20(17-12-14(26)8-9-16(17)18)22(21)25-24(29)31-15-6-4-5-7-15/h8-9,12,15,18,20-22,26H,4-7,10-11,13H2,1-3H3,(H,25,29)/t18?,20-,21-,22-/m1/s1. The summed E-state index contributed by atoms with van der Waals surface area (Å²) in [6.45, 7) is 6.99. The number of hydrogen-bond acceptors (Lipinski definition) is 6. The molecule has 1 aromatic carbocycles. The van der Waals surface area contributed by atoms with Crippen LogP contribution in [0.3, 0.4) is 0 Å². The molecule has 2 saturated carbocycles. The van der Waals surface area contributed by atoms with Crippen LogP contribution in [0.1, 0.15) is 55.1 Å². The van der Waals surface area contributed by atoms with Crippen molar-refractivity contribution in [3.05, 3.63) is 29.3 Å². The highest BCUT2D eigenvalue weighted by Crippen LogP contribution is 2.52. The lowest BCUT2D eigenvalue weighted by Crippen LogP contribution is -2.58. The Morgan fingerprint density at radius 1 is 1.16 bits per heavy atom. The van der Waals surface area contributed by atoms with Crippen LogP contribution in [0.5, 0.6) is 5.75 Å². The molecule has 174 valence electrons. The quantitative estimate of drug-likeness (QED) is 0.491. The number of phenolic OH excluding ortho intramolecular Hbond substituents is 1. The molecular formula is C24H33NO6Si. The first kappa shape index (κ1) is 22.8. The number of hydrogen-bond donors (Lipinski definition) is 2. The number of esters is 1. The zero-order chi connectivity index (χ0) is 23.0. The number of rotatable bonds is 6. The summed E-state index contributed by atoms with van der Waals surface area (Å²) in [5, 5.41) is 12.9. The van der Waals surface area contributed by atoms with Gasteiger partial charge in [0.2, 0.25) is 0 Å². The molecule has 0 aromatic heterocycles. The Morgan fingerprint density at radius 3 is 2.56 bits per heavy atom. The van der Waals surface area contributed by atoms with Gasteiger partial charge in [-0.2, -0.15) is 0 Å². The van der Waals surface area contributed by atoms with E-state index in [9.17, 15) is 19.5 Å². The molecule has 0 spiro atoms. The number of fused-ring (bicyclic) bond motifs is 2. The van der Waals surface area contributed by atoms with E-state index in [-0.39, 0.29) is 35.9 Å². The summed E-state index contributed by atoms with van der Waals surface area (Å²) in [5.74, 6) is -2.11. The molecule has 4 aliphatic carbocycles. The van der Waals surface area contributed by atoms with Gasteiger partial charge in [-0.25, -0.2) is 4.79 Å². The van der Waals surface area contributed by atoms with Gasteiger partial charge in [0.25, 0.3) is 0 Å². The summed E-state index contributed by atoms with van der Waals surface area (Å²) in [5.41, 5.74) is 1.56. The van der Waals surface area contributed by atoms with Gasteiger partial charge in [0, 0.05) is 20.4 Å². The molecule has 2 bridgehead atoms. The van der Waals surface area contributed by atoms with E-state index in [4.69, 9.17) is 9.47 Å². The van der Waals surface area contributed by atoms with Gasteiger partial charge in [0.05, 0.1) is 24.5 Å². The SMILES string of the molecule is C[Si](C)(C)CCOC(=O)[C@@H]1C2CC(=O)[C@@H](c3cc(O)ccc32)[C@H]1NC(=O)OC1CCCC1. The van der Waals surface area contributed by atoms with Gasteiger partial charge < -0.3 is 19.9 Å². The van der Waals surface area contributed by atoms with Gasteiger partial charge in [0.15, 0.2) is 0 Å². The van der Waals surface area contributed by atoms with Gasteiger partial charge in [-0.05, 0) is 55.0 Å². The average molecular weight is 460 g/mol. The summed E-state index contributed by atoms with van der Waals surface area (Å²) in [6.07, 6.45) is 3.25. The topological polar surface area (TPSA) is 102 Å².